The van der Waals surface area contributed by atoms with Gasteiger partial charge in [0.05, 0.1) is 60.1 Å². The number of ether oxygens (including phenoxy) is 3. The number of morpholine rings is 1. The maximum atomic E-state index is 14.7. The standard InChI is InChI=1S/C50H65N9O8S/c1-10-42(60)58-20-21-66-40-26-56(25-39(40)58)49(64)55(8)44(29(3)4)46(61)53-36-23-41-52-37(27-68-41)31-16-17-38-33(22-31)34(45(57(38)11-2)32-14-12-18-51-43(32)30(5)65-9)24-50(6,7)28-67-48(63)35-15-13-19-59(54-35)47(36)62/h10,12,14,16-18,22,27,29-30,35-36,39-40,44,54H,1,11,13,15,19-21,23-26,28H2,2-9H3,(H,53,61)/t30-,35-,36-,39-,40+,44?/m0/s1. The second-order valence-electron chi connectivity index (χ2n) is 19.5. The summed E-state index contributed by atoms with van der Waals surface area (Å²) in [5.74, 6) is -1.98. The summed E-state index contributed by atoms with van der Waals surface area (Å²) in [5.41, 5.74) is 9.22. The Morgan fingerprint density at radius 3 is 2.68 bits per heavy atom. The molecule has 3 saturated heterocycles. The molecule has 6 bridgehead atoms. The Morgan fingerprint density at radius 1 is 1.15 bits per heavy atom. The van der Waals surface area contributed by atoms with Crippen molar-refractivity contribution in [3.63, 3.8) is 0 Å². The van der Waals surface area contributed by atoms with Crippen molar-refractivity contribution in [2.24, 2.45) is 11.3 Å². The molecule has 5 amide bonds. The molecule has 0 radical (unpaired) electrons. The molecule has 1 unspecified atom stereocenters. The van der Waals surface area contributed by atoms with Gasteiger partial charge in [0.2, 0.25) is 11.8 Å². The van der Waals surface area contributed by atoms with Gasteiger partial charge in [0, 0.05) is 85.8 Å². The SMILES string of the molecule is C=CC(=O)N1CCO[C@@H]2CN(C(=O)N(C)C(C(=O)N[C@H]3Cc4nc(cs4)-c4ccc5c(c4)c(c(-c4cccnc4[C@H](C)OC)n5CC)CC(C)(C)COC(=O)[C@@H]4CCCN(N4)C3=O)C(C)C)C[C@@H]21. The number of esters is 1. The molecule has 4 aliphatic rings. The molecule has 8 rings (SSSR count). The molecule has 1 aromatic carbocycles. The number of urea groups is 1. The number of thiazole rings is 1. The lowest BCUT2D eigenvalue weighted by atomic mass is 9.84. The molecule has 0 aliphatic carbocycles. The average Bonchev–Trinajstić information content (AvgIpc) is 4.07. The van der Waals surface area contributed by atoms with E-state index in [1.165, 1.54) is 27.3 Å². The molecule has 7 heterocycles. The number of likely N-dealkylation sites (N-methyl/N-ethyl adjacent to an activating group) is 1. The van der Waals surface area contributed by atoms with Crippen molar-refractivity contribution in [2.75, 3.05) is 53.6 Å². The third-order valence-corrected chi connectivity index (χ3v) is 14.7. The van der Waals surface area contributed by atoms with Crippen molar-refractivity contribution in [1.29, 1.82) is 0 Å². The summed E-state index contributed by atoms with van der Waals surface area (Å²) in [6.45, 7) is 18.0. The molecule has 0 spiro atoms. The van der Waals surface area contributed by atoms with Gasteiger partial charge in [-0.15, -0.1) is 11.3 Å². The predicted octanol–water partition coefficient (Wildman–Crippen LogP) is 5.38. The minimum absolute atomic E-state index is 0.0600. The van der Waals surface area contributed by atoms with Crippen LogP contribution in [-0.4, -0.2) is 148 Å². The number of amides is 5. The number of fused-ring (bicyclic) bond motifs is 7. The second-order valence-corrected chi connectivity index (χ2v) is 20.4. The van der Waals surface area contributed by atoms with Gasteiger partial charge in [-0.3, -0.25) is 29.2 Å². The summed E-state index contributed by atoms with van der Waals surface area (Å²) in [4.78, 5) is 84.7. The maximum Gasteiger partial charge on any atom is 0.324 e. The van der Waals surface area contributed by atoms with Crippen LogP contribution in [0.15, 0.2) is 54.6 Å². The number of benzene rings is 1. The summed E-state index contributed by atoms with van der Waals surface area (Å²) in [6.07, 6.45) is 4.05. The smallest absolute Gasteiger partial charge is 0.324 e. The van der Waals surface area contributed by atoms with Crippen LogP contribution in [0.1, 0.15) is 76.8 Å². The first-order valence-corrected chi connectivity index (χ1v) is 24.6. The lowest BCUT2D eigenvalue weighted by Crippen LogP contribution is -2.62. The van der Waals surface area contributed by atoms with Crippen molar-refractivity contribution >= 4 is 52.0 Å². The first-order valence-electron chi connectivity index (χ1n) is 23.7. The Labute approximate surface area is 402 Å². The lowest BCUT2D eigenvalue weighted by Gasteiger charge is -2.37. The molecule has 364 valence electrons. The quantitative estimate of drug-likeness (QED) is 0.163. The van der Waals surface area contributed by atoms with Crippen molar-refractivity contribution in [1.82, 2.24) is 45.0 Å². The fraction of sp³-hybridized carbons (Fsp3) is 0.540. The van der Waals surface area contributed by atoms with Gasteiger partial charge in [0.1, 0.15) is 18.1 Å². The van der Waals surface area contributed by atoms with E-state index in [0.29, 0.717) is 50.5 Å². The van der Waals surface area contributed by atoms with Gasteiger partial charge in [0.15, 0.2) is 0 Å². The fourth-order valence-electron chi connectivity index (χ4n) is 10.3. The number of aromatic nitrogens is 3. The molecular formula is C50H65N9O8S. The summed E-state index contributed by atoms with van der Waals surface area (Å²) >= 11 is 1.40. The molecule has 4 aromatic rings. The molecule has 3 aromatic heterocycles. The largest absolute Gasteiger partial charge is 0.464 e. The van der Waals surface area contributed by atoms with E-state index in [1.807, 2.05) is 32.2 Å². The number of likely N-dealkylation sites (tertiary alicyclic amines) is 1. The Bertz CT molecular complexity index is 2570. The fourth-order valence-corrected chi connectivity index (χ4v) is 11.2. The minimum atomic E-state index is -1.11. The number of nitrogens with zero attached hydrogens (tertiary/aromatic N) is 7. The monoisotopic (exact) mass is 951 g/mol. The number of cyclic esters (lactones) is 1. The molecule has 3 fully saturated rings. The number of nitrogens with one attached hydrogen (secondary N) is 2. The molecule has 4 aliphatic heterocycles. The van der Waals surface area contributed by atoms with Gasteiger partial charge in [-0.2, -0.15) is 0 Å². The van der Waals surface area contributed by atoms with Crippen molar-refractivity contribution in [2.45, 2.75) is 110 Å². The number of hydrazine groups is 1. The van der Waals surface area contributed by atoms with Gasteiger partial charge < -0.3 is 38.8 Å². The van der Waals surface area contributed by atoms with E-state index in [0.717, 1.165) is 44.7 Å². The molecular weight excluding hydrogens is 887 g/mol. The molecule has 18 heteroatoms. The molecule has 2 N–H and O–H groups in total. The molecule has 17 nitrogen and oxygen atoms in total. The predicted molar refractivity (Wildman–Crippen MR) is 258 cm³/mol. The van der Waals surface area contributed by atoms with E-state index in [2.05, 4.69) is 66.9 Å². The van der Waals surface area contributed by atoms with E-state index in [-0.39, 0.29) is 56.2 Å². The third kappa shape index (κ3) is 9.65. The first kappa shape index (κ1) is 48.8. The zero-order chi connectivity index (χ0) is 48.6. The van der Waals surface area contributed by atoms with E-state index in [1.54, 1.807) is 30.2 Å². The minimum Gasteiger partial charge on any atom is -0.464 e. The van der Waals surface area contributed by atoms with E-state index < -0.39 is 47.4 Å². The van der Waals surface area contributed by atoms with Crippen LogP contribution < -0.4 is 10.7 Å². The number of pyridine rings is 1. The Morgan fingerprint density at radius 2 is 1.94 bits per heavy atom. The van der Waals surface area contributed by atoms with E-state index in [9.17, 15) is 24.0 Å². The van der Waals surface area contributed by atoms with Crippen LogP contribution >= 0.6 is 11.3 Å². The number of methoxy groups -OCH3 is 1. The third-order valence-electron chi connectivity index (χ3n) is 13.8. The highest BCUT2D eigenvalue weighted by molar-refractivity contribution is 7.10. The summed E-state index contributed by atoms with van der Waals surface area (Å²) in [5, 5.41) is 8.08. The number of carbonyl (C=O) groups is 5. The molecule has 0 saturated carbocycles. The second kappa shape index (κ2) is 20.1. The summed E-state index contributed by atoms with van der Waals surface area (Å²) in [7, 11) is 3.27. The van der Waals surface area contributed by atoms with Crippen LogP contribution in [0.3, 0.4) is 0 Å². The van der Waals surface area contributed by atoms with Crippen LogP contribution in [-0.2, 0) is 52.8 Å². The highest BCUT2D eigenvalue weighted by Gasteiger charge is 2.46. The average molecular weight is 952 g/mol. The zero-order valence-corrected chi connectivity index (χ0v) is 41.3. The molecule has 68 heavy (non-hydrogen) atoms. The van der Waals surface area contributed by atoms with Crippen LogP contribution in [0.5, 0.6) is 0 Å². The highest BCUT2D eigenvalue weighted by Crippen LogP contribution is 2.42. The molecule has 6 atom stereocenters. The number of hydrogen-bond acceptors (Lipinski definition) is 12. The Hall–Kier alpha value is -5.69. The Balaban J connectivity index is 1.14. The van der Waals surface area contributed by atoms with Crippen LogP contribution in [0, 0.1) is 11.3 Å². The first-order chi connectivity index (χ1) is 32.5. The van der Waals surface area contributed by atoms with Crippen LogP contribution in [0.25, 0.3) is 33.4 Å². The van der Waals surface area contributed by atoms with Gasteiger partial charge in [0.25, 0.3) is 5.91 Å². The maximum absolute atomic E-state index is 14.7. The topological polar surface area (TPSA) is 181 Å². The number of rotatable bonds is 9. The van der Waals surface area contributed by atoms with Crippen molar-refractivity contribution in [3.05, 3.63) is 70.8 Å². The lowest BCUT2D eigenvalue weighted by molar-refractivity contribution is -0.155. The van der Waals surface area contributed by atoms with Crippen LogP contribution in [0.4, 0.5) is 4.79 Å². The number of carbonyl (C=O) groups excluding carboxylic acids is 5. The van der Waals surface area contributed by atoms with Crippen molar-refractivity contribution in [3.8, 4) is 22.5 Å². The van der Waals surface area contributed by atoms with Gasteiger partial charge >= 0.3 is 12.0 Å². The highest BCUT2D eigenvalue weighted by atomic mass is 32.1. The normalized spacial score (nSPS) is 22.9. The van der Waals surface area contributed by atoms with Gasteiger partial charge in [-0.05, 0) is 74.9 Å². The van der Waals surface area contributed by atoms with E-state index >= 15 is 0 Å². The summed E-state index contributed by atoms with van der Waals surface area (Å²) < 4.78 is 20.2. The van der Waals surface area contributed by atoms with Crippen LogP contribution in [0.2, 0.25) is 0 Å². The van der Waals surface area contributed by atoms with E-state index in [4.69, 9.17) is 24.2 Å². The van der Waals surface area contributed by atoms with Gasteiger partial charge in [-0.1, -0.05) is 40.3 Å². The number of aryl methyl sites for hydroxylation is 1. The van der Waals surface area contributed by atoms with Gasteiger partial charge in [-0.25, -0.2) is 15.2 Å². The van der Waals surface area contributed by atoms with Crippen molar-refractivity contribution < 1.29 is 38.2 Å². The Kier molecular flexibility index (Phi) is 14.4. The summed E-state index contributed by atoms with van der Waals surface area (Å²) in [6, 6.07) is 6.80. The number of hydrogen-bond donors (Lipinski definition) is 2. The zero-order valence-electron chi connectivity index (χ0n) is 40.5.